The number of quaternary nitrogens is 1. The standard InChI is InChI=1S/C66H125N2O6P/c1-6-8-10-12-14-16-18-20-22-24-26-28-30-32-34-36-38-40-42-44-46-48-50-52-54-56-58-60-66(70)67-64(63-74-75(71,72)73-62-61-68(3,4)5)65(69)59-57-55-53-51-49-47-45-43-41-39-37-35-33-31-29-27-25-23-21-19-17-15-13-11-9-7-2/h8,10,14,16,20,22,26,28,57,59,64-65,69H,6-7,9,11-13,15,17-19,21,23-25,27,29-56,58,60-63H2,1-5H3,(H-,67,70,71,72)/b10-8-,16-14-,22-20-,28-26-,59-57+. The van der Waals surface area contributed by atoms with E-state index in [0.717, 1.165) is 64.2 Å². The van der Waals surface area contributed by atoms with Gasteiger partial charge in [0.1, 0.15) is 13.2 Å². The molecule has 0 saturated carbocycles. The Morgan fingerprint density at radius 3 is 1.19 bits per heavy atom. The van der Waals surface area contributed by atoms with Gasteiger partial charge < -0.3 is 28.8 Å². The lowest BCUT2D eigenvalue weighted by atomic mass is 10.0. The van der Waals surface area contributed by atoms with Crippen LogP contribution in [0.5, 0.6) is 0 Å². The number of nitrogens with one attached hydrogen (secondary N) is 1. The van der Waals surface area contributed by atoms with Crippen LogP contribution in [0.25, 0.3) is 0 Å². The molecule has 0 aliphatic heterocycles. The minimum atomic E-state index is -4.60. The minimum absolute atomic E-state index is 0.00166. The summed E-state index contributed by atoms with van der Waals surface area (Å²) in [5.74, 6) is -0.196. The van der Waals surface area contributed by atoms with Gasteiger partial charge in [-0.3, -0.25) is 9.36 Å². The predicted molar refractivity (Wildman–Crippen MR) is 325 cm³/mol. The number of allylic oxidation sites excluding steroid dienone is 9. The smallest absolute Gasteiger partial charge is 0.268 e. The van der Waals surface area contributed by atoms with Crippen LogP contribution < -0.4 is 10.2 Å². The second-order valence-electron chi connectivity index (χ2n) is 23.1. The van der Waals surface area contributed by atoms with Crippen LogP contribution in [0, 0.1) is 0 Å². The van der Waals surface area contributed by atoms with Gasteiger partial charge in [0, 0.05) is 6.42 Å². The van der Waals surface area contributed by atoms with Crippen molar-refractivity contribution in [1.29, 1.82) is 0 Å². The zero-order valence-electron chi connectivity index (χ0n) is 50.3. The second-order valence-corrected chi connectivity index (χ2v) is 24.5. The number of aliphatic hydroxyl groups is 1. The molecule has 0 radical (unpaired) electrons. The summed E-state index contributed by atoms with van der Waals surface area (Å²) < 4.78 is 23.4. The summed E-state index contributed by atoms with van der Waals surface area (Å²) in [5.41, 5.74) is 0. The molecule has 0 aromatic heterocycles. The maximum absolute atomic E-state index is 13.0. The van der Waals surface area contributed by atoms with E-state index in [1.54, 1.807) is 6.08 Å². The Bertz CT molecular complexity index is 1400. The molecule has 3 unspecified atom stereocenters. The van der Waals surface area contributed by atoms with Crippen molar-refractivity contribution in [2.45, 2.75) is 315 Å². The van der Waals surface area contributed by atoms with Crippen molar-refractivity contribution < 1.29 is 32.9 Å². The van der Waals surface area contributed by atoms with Crippen LogP contribution >= 0.6 is 7.82 Å². The Kier molecular flexibility index (Phi) is 55.5. The zero-order chi connectivity index (χ0) is 54.9. The molecule has 0 fully saturated rings. The van der Waals surface area contributed by atoms with Gasteiger partial charge in [0.2, 0.25) is 5.91 Å². The molecule has 0 aromatic carbocycles. The number of nitrogens with zero attached hydrogens (tertiary/aromatic N) is 1. The summed E-state index contributed by atoms with van der Waals surface area (Å²) in [4.78, 5) is 25.6. The molecule has 75 heavy (non-hydrogen) atoms. The molecule has 8 nitrogen and oxygen atoms in total. The highest BCUT2D eigenvalue weighted by Crippen LogP contribution is 2.38. The topological polar surface area (TPSA) is 108 Å². The van der Waals surface area contributed by atoms with Crippen LogP contribution in [0.15, 0.2) is 60.8 Å². The van der Waals surface area contributed by atoms with E-state index in [9.17, 15) is 19.4 Å². The van der Waals surface area contributed by atoms with Gasteiger partial charge in [-0.1, -0.05) is 299 Å². The number of hydrogen-bond acceptors (Lipinski definition) is 6. The summed E-state index contributed by atoms with van der Waals surface area (Å²) in [6.07, 6.45) is 77.4. The fourth-order valence-electron chi connectivity index (χ4n) is 9.50. The molecule has 0 bridgehead atoms. The van der Waals surface area contributed by atoms with E-state index in [2.05, 4.69) is 67.8 Å². The maximum atomic E-state index is 13.0. The molecule has 0 saturated heterocycles. The molecule has 0 spiro atoms. The summed E-state index contributed by atoms with van der Waals surface area (Å²) >= 11 is 0. The first-order chi connectivity index (χ1) is 36.5. The lowest BCUT2D eigenvalue weighted by Gasteiger charge is -2.29. The molecular formula is C66H125N2O6P. The lowest BCUT2D eigenvalue weighted by molar-refractivity contribution is -0.870. The van der Waals surface area contributed by atoms with Crippen molar-refractivity contribution in [2.75, 3.05) is 40.9 Å². The van der Waals surface area contributed by atoms with Gasteiger partial charge in [0.15, 0.2) is 0 Å². The van der Waals surface area contributed by atoms with Crippen molar-refractivity contribution in [1.82, 2.24) is 5.32 Å². The van der Waals surface area contributed by atoms with Crippen LogP contribution in [-0.2, 0) is 18.4 Å². The Balaban J connectivity index is 4.13. The van der Waals surface area contributed by atoms with Crippen LogP contribution in [0.4, 0.5) is 0 Å². The minimum Gasteiger partial charge on any atom is -0.756 e. The molecule has 0 heterocycles. The fourth-order valence-corrected chi connectivity index (χ4v) is 10.2. The molecule has 2 N–H and O–H groups in total. The molecule has 1 amide bonds. The molecule has 3 atom stereocenters. The van der Waals surface area contributed by atoms with Crippen molar-refractivity contribution >= 4 is 13.7 Å². The van der Waals surface area contributed by atoms with Gasteiger partial charge in [-0.2, -0.15) is 0 Å². The molecule has 440 valence electrons. The van der Waals surface area contributed by atoms with Gasteiger partial charge in [-0.15, -0.1) is 0 Å². The van der Waals surface area contributed by atoms with Crippen molar-refractivity contribution in [2.24, 2.45) is 0 Å². The zero-order valence-corrected chi connectivity index (χ0v) is 51.1. The van der Waals surface area contributed by atoms with Gasteiger partial charge in [-0.05, 0) is 57.8 Å². The van der Waals surface area contributed by atoms with Gasteiger partial charge in [-0.25, -0.2) is 0 Å². The summed E-state index contributed by atoms with van der Waals surface area (Å²) in [6.45, 7) is 4.58. The van der Waals surface area contributed by atoms with Gasteiger partial charge in [0.25, 0.3) is 7.82 Å². The second kappa shape index (κ2) is 56.9. The molecule has 9 heteroatoms. The Morgan fingerprint density at radius 2 is 0.813 bits per heavy atom. The van der Waals surface area contributed by atoms with E-state index in [4.69, 9.17) is 9.05 Å². The average Bonchev–Trinajstić information content (AvgIpc) is 3.37. The molecule has 0 rings (SSSR count). The van der Waals surface area contributed by atoms with E-state index in [1.807, 2.05) is 27.2 Å². The van der Waals surface area contributed by atoms with Gasteiger partial charge in [0.05, 0.1) is 39.9 Å². The van der Waals surface area contributed by atoms with Crippen LogP contribution in [0.1, 0.15) is 303 Å². The quantitative estimate of drug-likeness (QED) is 0.0272. The first kappa shape index (κ1) is 73.2. The number of phosphoric acid groups is 1. The molecule has 0 aliphatic carbocycles. The maximum Gasteiger partial charge on any atom is 0.268 e. The Morgan fingerprint density at radius 1 is 0.480 bits per heavy atom. The normalized spacial score (nSPS) is 14.2. The lowest BCUT2D eigenvalue weighted by Crippen LogP contribution is -2.45. The monoisotopic (exact) mass is 1070 g/mol. The summed E-state index contributed by atoms with van der Waals surface area (Å²) in [7, 11) is 1.27. The van der Waals surface area contributed by atoms with Crippen molar-refractivity contribution in [3.8, 4) is 0 Å². The highest BCUT2D eigenvalue weighted by atomic mass is 31.2. The van der Waals surface area contributed by atoms with E-state index >= 15 is 0 Å². The number of phosphoric ester groups is 1. The number of carbonyl (C=O) groups excluding carboxylic acids is 1. The summed E-state index contributed by atoms with van der Waals surface area (Å²) in [5, 5.41) is 13.9. The number of unbranched alkanes of at least 4 members (excludes halogenated alkanes) is 38. The third-order valence-electron chi connectivity index (χ3n) is 14.5. The first-order valence-electron chi connectivity index (χ1n) is 32.2. The van der Waals surface area contributed by atoms with Crippen LogP contribution in [0.2, 0.25) is 0 Å². The molecule has 0 aromatic rings. The van der Waals surface area contributed by atoms with E-state index in [0.29, 0.717) is 17.4 Å². The number of rotatable bonds is 59. The molecular weight excluding hydrogens is 948 g/mol. The van der Waals surface area contributed by atoms with E-state index in [-0.39, 0.29) is 19.1 Å². The fraction of sp³-hybridized carbons (Fsp3) is 0.833. The Labute approximate surface area is 466 Å². The number of carbonyl (C=O) groups is 1. The molecule has 0 aliphatic rings. The number of aliphatic hydroxyl groups excluding tert-OH is 1. The van der Waals surface area contributed by atoms with Crippen LogP contribution in [-0.4, -0.2) is 68.5 Å². The SMILES string of the molecule is CC/C=C\C/C=C\C/C=C\C/C=C\CCCCCCCCCCCCCCCCC(=O)NC(COP(=O)([O-])OCC[N+](C)(C)C)C(O)/C=C/CCCCCCCCCCCCCCCCCCCCCCCCCC. The predicted octanol–water partition coefficient (Wildman–Crippen LogP) is 19.4. The summed E-state index contributed by atoms with van der Waals surface area (Å²) in [6, 6.07) is -0.890. The van der Waals surface area contributed by atoms with E-state index in [1.165, 1.54) is 218 Å². The highest BCUT2D eigenvalue weighted by Gasteiger charge is 2.23. The Hall–Kier alpha value is -1.80. The number of amides is 1. The number of hydrogen-bond donors (Lipinski definition) is 2. The highest BCUT2D eigenvalue weighted by molar-refractivity contribution is 7.45. The van der Waals surface area contributed by atoms with E-state index < -0.39 is 20.0 Å². The van der Waals surface area contributed by atoms with Gasteiger partial charge >= 0.3 is 0 Å². The largest absolute Gasteiger partial charge is 0.756 e. The third kappa shape index (κ3) is 59.7. The van der Waals surface area contributed by atoms with Crippen LogP contribution in [0.3, 0.4) is 0 Å². The first-order valence-corrected chi connectivity index (χ1v) is 33.6. The average molecular weight is 1070 g/mol. The van der Waals surface area contributed by atoms with Crippen molar-refractivity contribution in [3.05, 3.63) is 60.8 Å². The third-order valence-corrected chi connectivity index (χ3v) is 15.4. The van der Waals surface area contributed by atoms with Crippen molar-refractivity contribution in [3.63, 3.8) is 0 Å². The number of likely N-dealkylation sites (N-methyl/N-ethyl adjacent to an activating group) is 1.